The molecular weight excluding hydrogens is 296 g/mol. The Bertz CT molecular complexity index is 704. The second kappa shape index (κ2) is 5.77. The maximum absolute atomic E-state index is 12.3. The molecule has 0 aromatic carbocycles. The summed E-state index contributed by atoms with van der Waals surface area (Å²) in [5, 5.41) is 14.7. The van der Waals surface area contributed by atoms with Gasteiger partial charge < -0.3 is 14.7 Å². The van der Waals surface area contributed by atoms with Crippen molar-refractivity contribution in [1.82, 2.24) is 25.1 Å². The maximum Gasteiger partial charge on any atom is 0.279 e. The van der Waals surface area contributed by atoms with E-state index in [9.17, 15) is 4.79 Å². The maximum atomic E-state index is 12.3. The van der Waals surface area contributed by atoms with Crippen molar-refractivity contribution in [3.63, 3.8) is 0 Å². The Morgan fingerprint density at radius 2 is 2.26 bits per heavy atom. The van der Waals surface area contributed by atoms with Crippen molar-refractivity contribution in [3.05, 3.63) is 23.7 Å². The molecule has 1 aliphatic heterocycles. The van der Waals surface area contributed by atoms with Crippen LogP contribution in [0.1, 0.15) is 53.9 Å². The van der Waals surface area contributed by atoms with Crippen LogP contribution in [0.3, 0.4) is 0 Å². The van der Waals surface area contributed by atoms with Gasteiger partial charge in [-0.25, -0.2) is 4.68 Å². The molecule has 4 rings (SSSR count). The van der Waals surface area contributed by atoms with Crippen LogP contribution < -0.4 is 5.32 Å². The molecule has 122 valence electrons. The summed E-state index contributed by atoms with van der Waals surface area (Å²) in [6, 6.07) is 2.09. The van der Waals surface area contributed by atoms with E-state index in [2.05, 4.69) is 32.7 Å². The van der Waals surface area contributed by atoms with Crippen LogP contribution in [0.25, 0.3) is 0 Å². The van der Waals surface area contributed by atoms with Gasteiger partial charge in [-0.1, -0.05) is 16.8 Å². The molecule has 0 spiro atoms. The number of aromatic nitrogens is 4. The Labute approximate surface area is 133 Å². The Morgan fingerprint density at radius 3 is 2.96 bits per heavy atom. The Balaban J connectivity index is 1.40. The van der Waals surface area contributed by atoms with E-state index in [0.717, 1.165) is 38.1 Å². The summed E-state index contributed by atoms with van der Waals surface area (Å²) in [6.07, 6.45) is 6.22. The average molecular weight is 316 g/mol. The first kappa shape index (κ1) is 14.4. The van der Waals surface area contributed by atoms with Gasteiger partial charge in [-0.3, -0.25) is 4.79 Å². The molecule has 8 nitrogen and oxygen atoms in total. The number of likely N-dealkylation sites (N-methyl/N-ethyl adjacent to an activating group) is 1. The molecule has 8 heteroatoms. The first-order valence-electron chi connectivity index (χ1n) is 8.07. The van der Waals surface area contributed by atoms with E-state index >= 15 is 0 Å². The highest BCUT2D eigenvalue weighted by Crippen LogP contribution is 2.37. The molecule has 23 heavy (non-hydrogen) atoms. The third-order valence-electron chi connectivity index (χ3n) is 4.76. The van der Waals surface area contributed by atoms with Gasteiger partial charge in [0.15, 0.2) is 11.5 Å². The van der Waals surface area contributed by atoms with Crippen LogP contribution in [-0.2, 0) is 0 Å². The van der Waals surface area contributed by atoms with Crippen molar-refractivity contribution >= 4 is 11.7 Å². The summed E-state index contributed by atoms with van der Waals surface area (Å²) in [5.41, 5.74) is 0.299. The lowest BCUT2D eigenvalue weighted by molar-refractivity contribution is 0.102. The van der Waals surface area contributed by atoms with Crippen LogP contribution in [0.4, 0.5) is 5.82 Å². The predicted octanol–water partition coefficient (Wildman–Crippen LogP) is 1.66. The van der Waals surface area contributed by atoms with E-state index in [1.165, 1.54) is 6.42 Å². The number of carbonyl (C=O) groups is 1. The van der Waals surface area contributed by atoms with Gasteiger partial charge in [0.25, 0.3) is 5.91 Å². The fourth-order valence-electron chi connectivity index (χ4n) is 3.10. The van der Waals surface area contributed by atoms with E-state index in [1.807, 2.05) is 0 Å². The molecular formula is C15H20N6O2. The minimum absolute atomic E-state index is 0.284. The van der Waals surface area contributed by atoms with Crippen LogP contribution in [-0.4, -0.2) is 51.1 Å². The first-order chi connectivity index (χ1) is 11.2. The lowest BCUT2D eigenvalue weighted by Gasteiger charge is -2.21. The normalized spacial score (nSPS) is 22.2. The molecule has 0 bridgehead atoms. The first-order valence-corrected chi connectivity index (χ1v) is 8.07. The molecule has 1 saturated carbocycles. The van der Waals surface area contributed by atoms with E-state index < -0.39 is 0 Å². The van der Waals surface area contributed by atoms with E-state index in [0.29, 0.717) is 17.4 Å². The number of hydrogen-bond acceptors (Lipinski definition) is 6. The number of nitrogens with zero attached hydrogens (tertiary/aromatic N) is 5. The van der Waals surface area contributed by atoms with Gasteiger partial charge in [0.2, 0.25) is 0 Å². The summed E-state index contributed by atoms with van der Waals surface area (Å²) >= 11 is 0. The van der Waals surface area contributed by atoms with Crippen molar-refractivity contribution in [1.29, 1.82) is 0 Å². The number of likely N-dealkylation sites (tertiary alicyclic amines) is 1. The van der Waals surface area contributed by atoms with Crippen molar-refractivity contribution in [2.75, 3.05) is 25.5 Å². The van der Waals surface area contributed by atoms with Crippen LogP contribution in [0.2, 0.25) is 0 Å². The fraction of sp³-hybridized carbons (Fsp3) is 0.600. The number of hydrogen-bond donors (Lipinski definition) is 1. The predicted molar refractivity (Wildman–Crippen MR) is 82.2 cm³/mol. The molecule has 1 saturated heterocycles. The Hall–Kier alpha value is -2.22. The zero-order chi connectivity index (χ0) is 15.8. The minimum Gasteiger partial charge on any atom is -0.359 e. The summed E-state index contributed by atoms with van der Waals surface area (Å²) in [5.74, 6) is 1.43. The zero-order valence-corrected chi connectivity index (χ0v) is 13.1. The summed E-state index contributed by atoms with van der Waals surface area (Å²) in [7, 11) is 2.08. The molecule has 2 aliphatic rings. The Kier molecular flexibility index (Phi) is 3.60. The second-order valence-electron chi connectivity index (χ2n) is 6.49. The van der Waals surface area contributed by atoms with Crippen LogP contribution in [0, 0.1) is 0 Å². The molecule has 0 radical (unpaired) electrons. The van der Waals surface area contributed by atoms with Gasteiger partial charge in [-0.05, 0) is 32.9 Å². The SMILES string of the molecule is CN1CCC(n2cc(C(=O)Nc3cc(C4CCC4)on3)nn2)C1. The number of amides is 1. The molecule has 2 aromatic heterocycles. The summed E-state index contributed by atoms with van der Waals surface area (Å²) < 4.78 is 7.07. The van der Waals surface area contributed by atoms with E-state index in [4.69, 9.17) is 4.52 Å². The fourth-order valence-corrected chi connectivity index (χ4v) is 3.10. The molecule has 1 N–H and O–H groups in total. The molecule has 1 atom stereocenters. The van der Waals surface area contributed by atoms with E-state index in [1.54, 1.807) is 16.9 Å². The standard InChI is InChI=1S/C15H20N6O2/c1-20-6-5-11(8-20)21-9-12(17-19-21)15(22)16-14-7-13(23-18-14)10-3-2-4-10/h7,9-11H,2-6,8H2,1H3,(H,16,18,22). The second-order valence-corrected chi connectivity index (χ2v) is 6.49. The van der Waals surface area contributed by atoms with Gasteiger partial charge in [-0.15, -0.1) is 5.10 Å². The number of anilines is 1. The third kappa shape index (κ3) is 2.86. The van der Waals surface area contributed by atoms with Crippen molar-refractivity contribution in [2.24, 2.45) is 0 Å². The van der Waals surface area contributed by atoms with Crippen molar-refractivity contribution < 1.29 is 9.32 Å². The minimum atomic E-state index is -0.309. The lowest BCUT2D eigenvalue weighted by atomic mass is 9.84. The van der Waals surface area contributed by atoms with Gasteiger partial charge in [0.1, 0.15) is 5.76 Å². The molecule has 1 amide bonds. The molecule has 2 aromatic rings. The molecule has 1 unspecified atom stereocenters. The average Bonchev–Trinajstić information content (AvgIpc) is 3.17. The molecule has 3 heterocycles. The highest BCUT2D eigenvalue weighted by molar-refractivity contribution is 6.02. The summed E-state index contributed by atoms with van der Waals surface area (Å²) in [4.78, 5) is 14.5. The van der Waals surface area contributed by atoms with Crippen molar-refractivity contribution in [3.8, 4) is 0 Å². The van der Waals surface area contributed by atoms with Gasteiger partial charge in [-0.2, -0.15) is 0 Å². The van der Waals surface area contributed by atoms with Gasteiger partial charge in [0.05, 0.1) is 12.2 Å². The Morgan fingerprint density at radius 1 is 1.39 bits per heavy atom. The van der Waals surface area contributed by atoms with Gasteiger partial charge >= 0.3 is 0 Å². The quantitative estimate of drug-likeness (QED) is 0.923. The summed E-state index contributed by atoms with van der Waals surface area (Å²) in [6.45, 7) is 1.97. The zero-order valence-electron chi connectivity index (χ0n) is 13.1. The highest BCUT2D eigenvalue weighted by Gasteiger charge is 2.25. The number of nitrogens with one attached hydrogen (secondary N) is 1. The van der Waals surface area contributed by atoms with Gasteiger partial charge in [0, 0.05) is 18.5 Å². The number of carbonyl (C=O) groups excluding carboxylic acids is 1. The smallest absolute Gasteiger partial charge is 0.279 e. The molecule has 1 aliphatic carbocycles. The van der Waals surface area contributed by atoms with E-state index in [-0.39, 0.29) is 11.9 Å². The molecule has 2 fully saturated rings. The van der Waals surface area contributed by atoms with Crippen LogP contribution in [0.5, 0.6) is 0 Å². The highest BCUT2D eigenvalue weighted by atomic mass is 16.5. The topological polar surface area (TPSA) is 89.1 Å². The van der Waals surface area contributed by atoms with Crippen LogP contribution in [0.15, 0.2) is 16.8 Å². The lowest BCUT2D eigenvalue weighted by Crippen LogP contribution is -2.17. The number of rotatable bonds is 4. The monoisotopic (exact) mass is 316 g/mol. The van der Waals surface area contributed by atoms with Crippen LogP contribution >= 0.6 is 0 Å². The van der Waals surface area contributed by atoms with Crippen molar-refractivity contribution in [2.45, 2.75) is 37.6 Å². The third-order valence-corrected chi connectivity index (χ3v) is 4.76. The largest absolute Gasteiger partial charge is 0.359 e.